The number of imidazole rings is 1. The highest BCUT2D eigenvalue weighted by Crippen LogP contribution is 2.10. The molecule has 2 N–H and O–H groups in total. The summed E-state index contributed by atoms with van der Waals surface area (Å²) < 4.78 is 6.81. The molecule has 2 aromatic heterocycles. The van der Waals surface area contributed by atoms with Crippen LogP contribution in [0.25, 0.3) is 11.0 Å². The number of fused-ring (bicyclic) bond motifs is 1. The zero-order valence-corrected chi connectivity index (χ0v) is 15.5. The van der Waals surface area contributed by atoms with Crippen LogP contribution in [0.15, 0.2) is 71.5 Å². The predicted molar refractivity (Wildman–Crippen MR) is 108 cm³/mol. The van der Waals surface area contributed by atoms with Crippen LogP contribution in [-0.4, -0.2) is 32.3 Å². The van der Waals surface area contributed by atoms with Crippen molar-refractivity contribution in [2.45, 2.75) is 13.1 Å². The number of nitrogens with zero attached hydrogens (tertiary/aromatic N) is 3. The Morgan fingerprint density at radius 2 is 1.83 bits per heavy atom. The maximum Gasteiger partial charge on any atom is 0.272 e. The highest BCUT2D eigenvalue weighted by molar-refractivity contribution is 5.91. The van der Waals surface area contributed by atoms with Gasteiger partial charge < -0.3 is 15.0 Å². The quantitative estimate of drug-likeness (QED) is 0.504. The van der Waals surface area contributed by atoms with Crippen LogP contribution >= 0.6 is 0 Å². The minimum atomic E-state index is -0.386. The fourth-order valence-corrected chi connectivity index (χ4v) is 2.84. The van der Waals surface area contributed by atoms with E-state index >= 15 is 0 Å². The molecular formula is C21H19N5O3. The van der Waals surface area contributed by atoms with Crippen molar-refractivity contribution in [1.82, 2.24) is 25.1 Å². The fourth-order valence-electron chi connectivity index (χ4n) is 2.84. The molecule has 0 aliphatic carbocycles. The zero-order valence-electron chi connectivity index (χ0n) is 15.5. The van der Waals surface area contributed by atoms with Gasteiger partial charge in [-0.15, -0.1) is 0 Å². The second kappa shape index (κ2) is 8.39. The molecule has 4 aromatic rings. The number of aromatic nitrogens is 4. The number of H-pyrrole nitrogens is 1. The van der Waals surface area contributed by atoms with Crippen molar-refractivity contribution in [3.63, 3.8) is 0 Å². The third-order valence-corrected chi connectivity index (χ3v) is 4.27. The first-order valence-electron chi connectivity index (χ1n) is 9.17. The second-order valence-corrected chi connectivity index (χ2v) is 6.32. The van der Waals surface area contributed by atoms with E-state index in [9.17, 15) is 9.59 Å². The molecule has 0 saturated carbocycles. The smallest absolute Gasteiger partial charge is 0.272 e. The average Bonchev–Trinajstić information content (AvgIpc) is 3.17. The largest absolute Gasteiger partial charge is 0.492 e. The molecule has 0 aliphatic heterocycles. The normalized spacial score (nSPS) is 10.8. The minimum absolute atomic E-state index is 0.153. The first kappa shape index (κ1) is 18.4. The summed E-state index contributed by atoms with van der Waals surface area (Å²) in [6.07, 6.45) is 0. The van der Waals surface area contributed by atoms with Crippen molar-refractivity contribution in [3.05, 3.63) is 88.6 Å². The van der Waals surface area contributed by atoms with Gasteiger partial charge in [-0.25, -0.2) is 9.67 Å². The van der Waals surface area contributed by atoms with Gasteiger partial charge in [-0.2, -0.15) is 5.10 Å². The number of aromatic amines is 1. The molecule has 146 valence electrons. The number of benzene rings is 2. The highest BCUT2D eigenvalue weighted by atomic mass is 16.5. The molecule has 4 rings (SSSR count). The fraction of sp³-hybridized carbons (Fsp3) is 0.143. The van der Waals surface area contributed by atoms with Crippen LogP contribution in [-0.2, 0) is 13.1 Å². The number of ether oxygens (including phenoxy) is 1. The molecule has 0 bridgehead atoms. The molecule has 0 unspecified atom stereocenters. The lowest BCUT2D eigenvalue weighted by Gasteiger charge is -2.09. The van der Waals surface area contributed by atoms with Gasteiger partial charge >= 0.3 is 0 Å². The predicted octanol–water partition coefficient (Wildman–Crippen LogP) is 2.13. The van der Waals surface area contributed by atoms with E-state index in [1.54, 1.807) is 0 Å². The molecule has 1 amide bonds. The van der Waals surface area contributed by atoms with Gasteiger partial charge in [0.05, 0.1) is 24.1 Å². The van der Waals surface area contributed by atoms with Gasteiger partial charge in [0.25, 0.3) is 11.5 Å². The maximum atomic E-state index is 12.4. The molecule has 8 nitrogen and oxygen atoms in total. The van der Waals surface area contributed by atoms with E-state index in [-0.39, 0.29) is 36.9 Å². The minimum Gasteiger partial charge on any atom is -0.492 e. The van der Waals surface area contributed by atoms with E-state index < -0.39 is 0 Å². The molecule has 0 saturated heterocycles. The third-order valence-electron chi connectivity index (χ3n) is 4.27. The van der Waals surface area contributed by atoms with E-state index in [1.165, 1.54) is 16.8 Å². The Balaban J connectivity index is 1.38. The van der Waals surface area contributed by atoms with E-state index in [0.717, 1.165) is 11.0 Å². The number of carbonyl (C=O) groups is 1. The first-order chi connectivity index (χ1) is 14.2. The van der Waals surface area contributed by atoms with Crippen LogP contribution < -0.4 is 15.6 Å². The summed E-state index contributed by atoms with van der Waals surface area (Å²) in [5.74, 6) is 0.965. The number of rotatable bonds is 7. The third kappa shape index (κ3) is 4.49. The number of carbonyl (C=O) groups excluding carboxylic acids is 1. The van der Waals surface area contributed by atoms with E-state index in [4.69, 9.17) is 4.74 Å². The summed E-state index contributed by atoms with van der Waals surface area (Å²) in [6, 6.07) is 19.7. The van der Waals surface area contributed by atoms with Gasteiger partial charge in [0, 0.05) is 6.07 Å². The molecule has 0 atom stereocenters. The van der Waals surface area contributed by atoms with E-state index in [2.05, 4.69) is 20.4 Å². The molecular weight excluding hydrogens is 370 g/mol. The van der Waals surface area contributed by atoms with Crippen LogP contribution in [0.3, 0.4) is 0 Å². The first-order valence-corrected chi connectivity index (χ1v) is 9.17. The summed E-state index contributed by atoms with van der Waals surface area (Å²) in [5, 5.41) is 6.90. The molecule has 2 heterocycles. The monoisotopic (exact) mass is 389 g/mol. The maximum absolute atomic E-state index is 12.4. The lowest BCUT2D eigenvalue weighted by Crippen LogP contribution is -2.30. The molecule has 0 radical (unpaired) electrons. The Kier molecular flexibility index (Phi) is 5.33. The average molecular weight is 389 g/mol. The number of nitrogens with one attached hydrogen (secondary N) is 2. The van der Waals surface area contributed by atoms with Crippen LogP contribution in [0.4, 0.5) is 0 Å². The van der Waals surface area contributed by atoms with Crippen LogP contribution in [0.1, 0.15) is 16.3 Å². The van der Waals surface area contributed by atoms with Crippen LogP contribution in [0, 0.1) is 0 Å². The van der Waals surface area contributed by atoms with Crippen LogP contribution in [0.2, 0.25) is 0 Å². The summed E-state index contributed by atoms with van der Waals surface area (Å²) in [7, 11) is 0. The lowest BCUT2D eigenvalue weighted by atomic mass is 10.3. The zero-order chi connectivity index (χ0) is 20.1. The Labute approximate surface area is 166 Å². The van der Waals surface area contributed by atoms with E-state index in [1.807, 2.05) is 54.6 Å². The summed E-state index contributed by atoms with van der Waals surface area (Å²) in [4.78, 5) is 32.0. The van der Waals surface area contributed by atoms with Crippen molar-refractivity contribution in [1.29, 1.82) is 0 Å². The van der Waals surface area contributed by atoms with Crippen molar-refractivity contribution < 1.29 is 9.53 Å². The topological polar surface area (TPSA) is 102 Å². The van der Waals surface area contributed by atoms with Crippen LogP contribution in [0.5, 0.6) is 5.75 Å². The highest BCUT2D eigenvalue weighted by Gasteiger charge is 2.11. The Bertz CT molecular complexity index is 1150. The van der Waals surface area contributed by atoms with Crippen molar-refractivity contribution in [2.75, 3.05) is 6.61 Å². The molecule has 0 aliphatic rings. The molecule has 2 aromatic carbocycles. The number of amides is 1. The molecule has 0 fully saturated rings. The summed E-state index contributed by atoms with van der Waals surface area (Å²) in [6.45, 7) is 0.727. The molecule has 8 heteroatoms. The van der Waals surface area contributed by atoms with Gasteiger partial charge in [-0.05, 0) is 30.3 Å². The number of hydrogen-bond acceptors (Lipinski definition) is 5. The molecule has 0 spiro atoms. The van der Waals surface area contributed by atoms with Gasteiger partial charge in [-0.1, -0.05) is 30.3 Å². The Morgan fingerprint density at radius 3 is 2.66 bits per heavy atom. The Hall–Kier alpha value is -3.94. The summed E-state index contributed by atoms with van der Waals surface area (Å²) in [5.41, 5.74) is 1.60. The molecule has 29 heavy (non-hydrogen) atoms. The number of hydrogen-bond donors (Lipinski definition) is 2. The van der Waals surface area contributed by atoms with E-state index in [0.29, 0.717) is 11.6 Å². The SMILES string of the molecule is O=C(NCc1nc2ccccc2[nH]1)c1ccc(=O)n(CCOc2ccccc2)n1. The lowest BCUT2D eigenvalue weighted by molar-refractivity contribution is 0.0942. The van der Waals surface area contributed by atoms with Gasteiger partial charge in [0.1, 0.15) is 23.9 Å². The standard InChI is InChI=1S/C21H19N5O3/c27-20-11-10-18(25-26(20)12-13-29-15-6-2-1-3-7-15)21(28)22-14-19-23-16-8-4-5-9-17(16)24-19/h1-11H,12-14H2,(H,22,28)(H,23,24). The van der Waals surface area contributed by atoms with Gasteiger partial charge in [0.15, 0.2) is 0 Å². The second-order valence-electron chi connectivity index (χ2n) is 6.32. The Morgan fingerprint density at radius 1 is 1.03 bits per heavy atom. The van der Waals surface area contributed by atoms with Crippen molar-refractivity contribution >= 4 is 16.9 Å². The van der Waals surface area contributed by atoms with Gasteiger partial charge in [0.2, 0.25) is 0 Å². The van der Waals surface area contributed by atoms with Gasteiger partial charge in [-0.3, -0.25) is 9.59 Å². The van der Waals surface area contributed by atoms with Crippen molar-refractivity contribution in [2.24, 2.45) is 0 Å². The summed E-state index contributed by atoms with van der Waals surface area (Å²) >= 11 is 0. The van der Waals surface area contributed by atoms with Crippen molar-refractivity contribution in [3.8, 4) is 5.75 Å². The number of para-hydroxylation sites is 3.